The molecule has 0 N–H and O–H groups in total. The van der Waals surface area contributed by atoms with Crippen molar-refractivity contribution in [1.82, 2.24) is 0 Å². The molecule has 24 heavy (non-hydrogen) atoms. The summed E-state index contributed by atoms with van der Waals surface area (Å²) in [6.45, 7) is 3.94. The van der Waals surface area contributed by atoms with E-state index in [0.29, 0.717) is 0 Å². The van der Waals surface area contributed by atoms with E-state index in [1.165, 1.54) is 26.8 Å². The van der Waals surface area contributed by atoms with Crippen molar-refractivity contribution in [2.75, 3.05) is 17.3 Å². The molecular formula is C12H18O9S3. The molecule has 0 unspecified atom stereocenters. The first-order chi connectivity index (χ1) is 11.0. The standard InChI is InChI=1S/C12H18O9S3/c1-4-22(13,14)19-10-8-7-9-11(20-23(15,16)5-2)12(10)21-24(17,18)6-3/h7-9H,4-6H2,1-3H3. The Balaban J connectivity index is 3.49. The lowest BCUT2D eigenvalue weighted by Gasteiger charge is -2.15. The van der Waals surface area contributed by atoms with Gasteiger partial charge in [-0.3, -0.25) is 0 Å². The molecule has 0 saturated heterocycles. The van der Waals surface area contributed by atoms with Gasteiger partial charge in [-0.05, 0) is 32.9 Å². The van der Waals surface area contributed by atoms with Gasteiger partial charge in [-0.15, -0.1) is 0 Å². The first kappa shape index (κ1) is 20.5. The van der Waals surface area contributed by atoms with Crippen molar-refractivity contribution in [3.05, 3.63) is 18.2 Å². The van der Waals surface area contributed by atoms with Crippen LogP contribution in [0.5, 0.6) is 17.2 Å². The molecule has 1 aromatic carbocycles. The fourth-order valence-electron chi connectivity index (χ4n) is 1.29. The van der Waals surface area contributed by atoms with Gasteiger partial charge >= 0.3 is 30.4 Å². The number of hydrogen-bond donors (Lipinski definition) is 0. The second-order valence-electron chi connectivity index (χ2n) is 4.37. The van der Waals surface area contributed by atoms with Crippen molar-refractivity contribution < 1.29 is 37.8 Å². The molecule has 0 aliphatic heterocycles. The van der Waals surface area contributed by atoms with E-state index < -0.39 is 53.4 Å². The van der Waals surface area contributed by atoms with Crippen molar-refractivity contribution in [2.24, 2.45) is 0 Å². The highest BCUT2D eigenvalue weighted by Gasteiger charge is 2.25. The Bertz CT molecular complexity index is 829. The van der Waals surface area contributed by atoms with E-state index in [4.69, 9.17) is 12.5 Å². The largest absolute Gasteiger partial charge is 0.378 e. The lowest BCUT2D eigenvalue weighted by atomic mass is 10.3. The Hall–Kier alpha value is -1.53. The van der Waals surface area contributed by atoms with E-state index in [0.717, 1.165) is 12.1 Å². The zero-order valence-corrected chi connectivity index (χ0v) is 15.7. The van der Waals surface area contributed by atoms with Crippen LogP contribution in [0.2, 0.25) is 0 Å². The Kier molecular flexibility index (Phi) is 6.47. The smallest absolute Gasteiger partial charge is 0.309 e. The predicted octanol–water partition coefficient (Wildman–Crippen LogP) is 0.872. The van der Waals surface area contributed by atoms with Gasteiger partial charge in [0.05, 0.1) is 17.3 Å². The quantitative estimate of drug-likeness (QED) is 0.552. The fraction of sp³-hybridized carbons (Fsp3) is 0.500. The summed E-state index contributed by atoms with van der Waals surface area (Å²) >= 11 is 0. The van der Waals surface area contributed by atoms with E-state index >= 15 is 0 Å². The second kappa shape index (κ2) is 7.57. The van der Waals surface area contributed by atoms with E-state index in [-0.39, 0.29) is 11.5 Å². The third-order valence-electron chi connectivity index (χ3n) is 2.65. The summed E-state index contributed by atoms with van der Waals surface area (Å²) in [5.41, 5.74) is 0. The third kappa shape index (κ3) is 5.83. The number of hydrogen-bond acceptors (Lipinski definition) is 9. The maximum absolute atomic E-state index is 11.7. The monoisotopic (exact) mass is 402 g/mol. The molecule has 0 bridgehead atoms. The summed E-state index contributed by atoms with van der Waals surface area (Å²) in [5.74, 6) is -2.82. The molecule has 1 rings (SSSR count). The van der Waals surface area contributed by atoms with Gasteiger partial charge in [0.1, 0.15) is 0 Å². The average molecular weight is 402 g/mol. The van der Waals surface area contributed by atoms with E-state index in [1.54, 1.807) is 0 Å². The lowest BCUT2D eigenvalue weighted by molar-refractivity contribution is 0.429. The van der Waals surface area contributed by atoms with Gasteiger partial charge in [0.25, 0.3) is 0 Å². The molecule has 0 aliphatic carbocycles. The molecule has 0 amide bonds. The van der Waals surface area contributed by atoms with Crippen molar-refractivity contribution in [2.45, 2.75) is 20.8 Å². The topological polar surface area (TPSA) is 130 Å². The first-order valence-electron chi connectivity index (χ1n) is 6.84. The molecule has 0 aliphatic rings. The zero-order valence-electron chi connectivity index (χ0n) is 13.3. The molecule has 0 spiro atoms. The average Bonchev–Trinajstić information content (AvgIpc) is 2.50. The van der Waals surface area contributed by atoms with Crippen LogP contribution in [0, 0.1) is 0 Å². The lowest BCUT2D eigenvalue weighted by Crippen LogP contribution is -2.17. The molecule has 0 atom stereocenters. The van der Waals surface area contributed by atoms with Crippen molar-refractivity contribution in [3.63, 3.8) is 0 Å². The molecular weight excluding hydrogens is 384 g/mol. The summed E-state index contributed by atoms with van der Waals surface area (Å²) in [7, 11) is -12.1. The highest BCUT2D eigenvalue weighted by atomic mass is 32.2. The van der Waals surface area contributed by atoms with Gasteiger partial charge in [-0.25, -0.2) is 0 Å². The second-order valence-corrected chi connectivity index (χ2v) is 9.95. The van der Waals surface area contributed by atoms with Crippen LogP contribution in [0.4, 0.5) is 0 Å². The Morgan fingerprint density at radius 1 is 0.667 bits per heavy atom. The predicted molar refractivity (Wildman–Crippen MR) is 86.7 cm³/mol. The van der Waals surface area contributed by atoms with Crippen LogP contribution in [0.25, 0.3) is 0 Å². The van der Waals surface area contributed by atoms with Crippen LogP contribution in [0.1, 0.15) is 20.8 Å². The van der Waals surface area contributed by atoms with E-state index in [9.17, 15) is 25.3 Å². The van der Waals surface area contributed by atoms with E-state index in [2.05, 4.69) is 0 Å². The molecule has 0 aromatic heterocycles. The minimum Gasteiger partial charge on any atom is -0.378 e. The molecule has 1 aromatic rings. The maximum Gasteiger partial charge on any atom is 0.309 e. The molecule has 138 valence electrons. The van der Waals surface area contributed by atoms with Gasteiger partial charge in [0, 0.05) is 0 Å². The number of rotatable bonds is 9. The van der Waals surface area contributed by atoms with Crippen LogP contribution in [-0.4, -0.2) is 42.5 Å². The first-order valence-corrected chi connectivity index (χ1v) is 11.6. The SMILES string of the molecule is CCS(=O)(=O)Oc1cccc(OS(=O)(=O)CC)c1OS(=O)(=O)CC. The van der Waals surface area contributed by atoms with Gasteiger partial charge < -0.3 is 12.5 Å². The van der Waals surface area contributed by atoms with Gasteiger partial charge in [-0.1, -0.05) is 6.07 Å². The molecule has 9 nitrogen and oxygen atoms in total. The van der Waals surface area contributed by atoms with Crippen LogP contribution in [0.3, 0.4) is 0 Å². The zero-order chi connectivity index (χ0) is 18.6. The van der Waals surface area contributed by atoms with Crippen molar-refractivity contribution in [1.29, 1.82) is 0 Å². The normalized spacial score (nSPS) is 12.6. The highest BCUT2D eigenvalue weighted by Crippen LogP contribution is 2.39. The minimum atomic E-state index is -4.09. The van der Waals surface area contributed by atoms with Gasteiger partial charge in [-0.2, -0.15) is 25.3 Å². The maximum atomic E-state index is 11.7. The molecule has 0 saturated carbocycles. The summed E-state index contributed by atoms with van der Waals surface area (Å²) in [6, 6.07) is 3.49. The fourth-order valence-corrected chi connectivity index (χ4v) is 2.87. The number of benzene rings is 1. The van der Waals surface area contributed by atoms with Crippen molar-refractivity contribution >= 4 is 30.4 Å². The summed E-state index contributed by atoms with van der Waals surface area (Å²) < 4.78 is 84.2. The number of para-hydroxylation sites is 1. The molecule has 0 fully saturated rings. The summed E-state index contributed by atoms with van der Waals surface area (Å²) in [5, 5.41) is 0. The summed E-state index contributed by atoms with van der Waals surface area (Å²) in [4.78, 5) is 0. The van der Waals surface area contributed by atoms with Crippen LogP contribution in [0.15, 0.2) is 18.2 Å². The van der Waals surface area contributed by atoms with Gasteiger partial charge in [0.2, 0.25) is 5.75 Å². The summed E-state index contributed by atoms with van der Waals surface area (Å²) in [6.07, 6.45) is 0. The molecule has 0 radical (unpaired) electrons. The highest BCUT2D eigenvalue weighted by molar-refractivity contribution is 7.87. The van der Waals surface area contributed by atoms with Crippen molar-refractivity contribution in [3.8, 4) is 17.2 Å². The van der Waals surface area contributed by atoms with Crippen LogP contribution in [-0.2, 0) is 30.4 Å². The Morgan fingerprint density at radius 2 is 1.00 bits per heavy atom. The molecule has 12 heteroatoms. The van der Waals surface area contributed by atoms with Crippen LogP contribution < -0.4 is 12.5 Å². The minimum absolute atomic E-state index is 0.384. The molecule has 0 heterocycles. The van der Waals surface area contributed by atoms with E-state index in [1.807, 2.05) is 0 Å². The Morgan fingerprint density at radius 3 is 1.33 bits per heavy atom. The third-order valence-corrected chi connectivity index (χ3v) is 6.06. The van der Waals surface area contributed by atoms with Gasteiger partial charge in [0.15, 0.2) is 11.5 Å². The van der Waals surface area contributed by atoms with Crippen LogP contribution >= 0.6 is 0 Å². The Labute approximate surface area is 141 Å².